The molecule has 0 aliphatic carbocycles. The van der Waals surface area contributed by atoms with Crippen molar-refractivity contribution in [1.29, 1.82) is 0 Å². The minimum Gasteiger partial charge on any atom is -0.481 e. The van der Waals surface area contributed by atoms with E-state index in [0.29, 0.717) is 4.90 Å². The molecule has 1 fully saturated rings. The first-order valence-electron chi connectivity index (χ1n) is 6.10. The second kappa shape index (κ2) is 6.99. The van der Waals surface area contributed by atoms with Crippen molar-refractivity contribution in [3.05, 3.63) is 0 Å². The predicted molar refractivity (Wildman–Crippen MR) is 65.4 cm³/mol. The van der Waals surface area contributed by atoms with Crippen molar-refractivity contribution < 1.29 is 39.6 Å². The van der Waals surface area contributed by atoms with Gasteiger partial charge in [-0.05, 0) is 0 Å². The van der Waals surface area contributed by atoms with Gasteiger partial charge < -0.3 is 30.6 Å². The van der Waals surface area contributed by atoms with E-state index in [1.807, 2.05) is 0 Å². The van der Waals surface area contributed by atoms with Crippen LogP contribution in [0, 0.1) is 0 Å². The summed E-state index contributed by atoms with van der Waals surface area (Å²) < 4.78 is 0. The van der Waals surface area contributed by atoms with Crippen LogP contribution in [-0.2, 0) is 19.2 Å². The Morgan fingerprint density at radius 1 is 1.29 bits per heavy atom. The van der Waals surface area contributed by atoms with Crippen molar-refractivity contribution in [2.75, 3.05) is 13.1 Å². The zero-order chi connectivity index (χ0) is 16.2. The second-order valence-electron chi connectivity index (χ2n) is 4.66. The van der Waals surface area contributed by atoms with Gasteiger partial charge in [0.2, 0.25) is 5.91 Å². The summed E-state index contributed by atoms with van der Waals surface area (Å²) in [5.74, 6) is -5.11. The molecule has 3 unspecified atom stereocenters. The van der Waals surface area contributed by atoms with Crippen molar-refractivity contribution in [3.8, 4) is 0 Å². The van der Waals surface area contributed by atoms with Crippen molar-refractivity contribution in [2.24, 2.45) is 0 Å². The number of carbonyl (C=O) groups is 4. The molecule has 1 amide bonds. The Bertz CT molecular complexity index is 452. The largest absolute Gasteiger partial charge is 0.481 e. The van der Waals surface area contributed by atoms with Crippen LogP contribution in [0.1, 0.15) is 12.8 Å². The number of nitrogens with one attached hydrogen (secondary N) is 1. The van der Waals surface area contributed by atoms with E-state index >= 15 is 0 Å². The van der Waals surface area contributed by atoms with Crippen LogP contribution in [0.15, 0.2) is 0 Å². The molecule has 0 bridgehead atoms. The molecule has 1 saturated heterocycles. The number of β-amino-alcohol motifs (C(OH)–C–C–N with tert-alkyl or cyclic N) is 1. The molecule has 10 nitrogen and oxygen atoms in total. The van der Waals surface area contributed by atoms with Gasteiger partial charge in [-0.25, -0.2) is 4.79 Å². The third kappa shape index (κ3) is 4.68. The quantitative estimate of drug-likeness (QED) is 0.370. The lowest BCUT2D eigenvalue weighted by atomic mass is 10.1. The zero-order valence-corrected chi connectivity index (χ0v) is 10.9. The summed E-state index contributed by atoms with van der Waals surface area (Å²) in [4.78, 5) is 45.5. The van der Waals surface area contributed by atoms with Crippen LogP contribution < -0.4 is 5.32 Å². The summed E-state index contributed by atoms with van der Waals surface area (Å²) in [5.41, 5.74) is 0. The fraction of sp³-hybridized carbons (Fsp3) is 0.636. The predicted octanol–water partition coefficient (Wildman–Crippen LogP) is -2.45. The summed E-state index contributed by atoms with van der Waals surface area (Å²) in [6.07, 6.45) is -2.56. The molecule has 0 radical (unpaired) electrons. The van der Waals surface area contributed by atoms with Crippen LogP contribution in [0.4, 0.5) is 0 Å². The minimum atomic E-state index is -1.66. The highest BCUT2D eigenvalue weighted by molar-refractivity contribution is 5.89. The molecule has 0 aromatic carbocycles. The van der Waals surface area contributed by atoms with Gasteiger partial charge in [-0.15, -0.1) is 0 Å². The van der Waals surface area contributed by atoms with E-state index in [2.05, 4.69) is 5.32 Å². The Labute approximate surface area is 119 Å². The SMILES string of the molecule is O=C(O)CC(C(=O)O)N1CC(O)CNC(C(=O)O)CC1=O. The normalized spacial score (nSPS) is 24.8. The van der Waals surface area contributed by atoms with E-state index in [1.165, 1.54) is 0 Å². The average Bonchev–Trinajstić information content (AvgIpc) is 2.35. The van der Waals surface area contributed by atoms with Gasteiger partial charge in [0.25, 0.3) is 0 Å². The molecule has 118 valence electrons. The molecule has 0 aromatic rings. The summed E-state index contributed by atoms with van der Waals surface area (Å²) in [5, 5.41) is 38.8. The topological polar surface area (TPSA) is 164 Å². The summed E-state index contributed by atoms with van der Waals surface area (Å²) in [6, 6.07) is -2.92. The number of carboxylic acid groups (broad SMARTS) is 3. The van der Waals surface area contributed by atoms with Crippen molar-refractivity contribution in [3.63, 3.8) is 0 Å². The maximum absolute atomic E-state index is 12.0. The zero-order valence-electron chi connectivity index (χ0n) is 10.9. The first kappa shape index (κ1) is 16.9. The van der Waals surface area contributed by atoms with Crippen LogP contribution in [0.3, 0.4) is 0 Å². The Kier molecular flexibility index (Phi) is 5.61. The summed E-state index contributed by atoms with van der Waals surface area (Å²) in [6.45, 7) is -0.539. The van der Waals surface area contributed by atoms with Crippen molar-refractivity contribution >= 4 is 23.8 Å². The van der Waals surface area contributed by atoms with Gasteiger partial charge in [-0.1, -0.05) is 0 Å². The molecule has 5 N–H and O–H groups in total. The van der Waals surface area contributed by atoms with Crippen LogP contribution in [0.2, 0.25) is 0 Å². The van der Waals surface area contributed by atoms with Gasteiger partial charge in [0, 0.05) is 13.1 Å². The lowest BCUT2D eigenvalue weighted by Crippen LogP contribution is -2.56. The number of rotatable bonds is 5. The summed E-state index contributed by atoms with van der Waals surface area (Å²) >= 11 is 0. The Hall–Kier alpha value is -2.20. The smallest absolute Gasteiger partial charge is 0.327 e. The fourth-order valence-electron chi connectivity index (χ4n) is 2.01. The van der Waals surface area contributed by atoms with Gasteiger partial charge in [0.05, 0.1) is 18.9 Å². The van der Waals surface area contributed by atoms with E-state index < -0.39 is 54.8 Å². The molecule has 1 aliphatic rings. The average molecular weight is 304 g/mol. The Morgan fingerprint density at radius 3 is 2.38 bits per heavy atom. The molecule has 1 heterocycles. The molecule has 1 aliphatic heterocycles. The number of aliphatic hydroxyl groups excluding tert-OH is 1. The van der Waals surface area contributed by atoms with Gasteiger partial charge in [-0.2, -0.15) is 0 Å². The van der Waals surface area contributed by atoms with Crippen LogP contribution in [0.5, 0.6) is 0 Å². The number of amides is 1. The number of nitrogens with zero attached hydrogens (tertiary/aromatic N) is 1. The number of aliphatic carboxylic acids is 3. The van der Waals surface area contributed by atoms with Gasteiger partial charge in [0.1, 0.15) is 12.1 Å². The van der Waals surface area contributed by atoms with Gasteiger partial charge in [0.15, 0.2) is 0 Å². The highest BCUT2D eigenvalue weighted by Crippen LogP contribution is 2.13. The number of carboxylic acids is 3. The lowest BCUT2D eigenvalue weighted by molar-refractivity contribution is -0.157. The molecule has 10 heteroatoms. The molecule has 3 atom stereocenters. The summed E-state index contributed by atoms with van der Waals surface area (Å²) in [7, 11) is 0. The van der Waals surface area contributed by atoms with Gasteiger partial charge in [-0.3, -0.25) is 14.4 Å². The second-order valence-corrected chi connectivity index (χ2v) is 4.66. The monoisotopic (exact) mass is 304 g/mol. The van der Waals surface area contributed by atoms with E-state index in [-0.39, 0.29) is 13.1 Å². The first-order chi connectivity index (χ1) is 9.72. The van der Waals surface area contributed by atoms with E-state index in [0.717, 1.165) is 0 Å². The Balaban J connectivity index is 2.99. The highest BCUT2D eigenvalue weighted by Gasteiger charge is 2.36. The number of hydrogen-bond acceptors (Lipinski definition) is 6. The van der Waals surface area contributed by atoms with E-state index in [9.17, 15) is 24.3 Å². The number of carbonyl (C=O) groups excluding carboxylic acids is 1. The van der Waals surface area contributed by atoms with Crippen LogP contribution in [-0.4, -0.2) is 80.4 Å². The van der Waals surface area contributed by atoms with E-state index in [1.54, 1.807) is 0 Å². The molecule has 0 spiro atoms. The highest BCUT2D eigenvalue weighted by atomic mass is 16.4. The van der Waals surface area contributed by atoms with Crippen LogP contribution >= 0.6 is 0 Å². The maximum Gasteiger partial charge on any atom is 0.327 e. The number of hydrogen-bond donors (Lipinski definition) is 5. The maximum atomic E-state index is 12.0. The molecule has 21 heavy (non-hydrogen) atoms. The van der Waals surface area contributed by atoms with Crippen molar-refractivity contribution in [2.45, 2.75) is 31.0 Å². The molecule has 0 saturated carbocycles. The number of aliphatic hydroxyl groups is 1. The molecular weight excluding hydrogens is 288 g/mol. The molecule has 1 rings (SSSR count). The van der Waals surface area contributed by atoms with Crippen molar-refractivity contribution in [1.82, 2.24) is 10.2 Å². The fourth-order valence-corrected chi connectivity index (χ4v) is 2.01. The van der Waals surface area contributed by atoms with Gasteiger partial charge >= 0.3 is 17.9 Å². The molecular formula is C11H16N2O8. The minimum absolute atomic E-state index is 0.153. The lowest BCUT2D eigenvalue weighted by Gasteiger charge is -2.33. The third-order valence-electron chi connectivity index (χ3n) is 3.03. The first-order valence-corrected chi connectivity index (χ1v) is 6.10. The third-order valence-corrected chi connectivity index (χ3v) is 3.03. The Morgan fingerprint density at radius 2 is 1.90 bits per heavy atom. The molecule has 0 aromatic heterocycles. The van der Waals surface area contributed by atoms with Crippen LogP contribution in [0.25, 0.3) is 0 Å². The van der Waals surface area contributed by atoms with E-state index in [4.69, 9.17) is 15.3 Å². The standard InChI is InChI=1S/C11H16N2O8/c14-5-3-12-6(10(18)19)1-8(15)13(4-5)7(11(20)21)2-9(16)17/h5-7,12,14H,1-4H2,(H,16,17)(H,18,19)(H,20,21).